The molecule has 0 aliphatic carbocycles. The summed E-state index contributed by atoms with van der Waals surface area (Å²) in [6.45, 7) is 2.53. The van der Waals surface area contributed by atoms with E-state index in [0.717, 1.165) is 5.56 Å². The largest absolute Gasteiger partial charge is 0.389 e. The molecule has 0 bridgehead atoms. The Morgan fingerprint density at radius 1 is 1.47 bits per heavy atom. The van der Waals surface area contributed by atoms with Crippen LogP contribution in [0.5, 0.6) is 0 Å². The molecule has 1 aromatic carbocycles. The van der Waals surface area contributed by atoms with Crippen LogP contribution in [0.25, 0.3) is 0 Å². The van der Waals surface area contributed by atoms with Crippen molar-refractivity contribution in [3.05, 3.63) is 29.6 Å². The maximum atomic E-state index is 14.1. The number of likely N-dealkylation sites (N-methyl/N-ethyl adjacent to an activating group) is 1. The van der Waals surface area contributed by atoms with Gasteiger partial charge in [-0.15, -0.1) is 0 Å². The summed E-state index contributed by atoms with van der Waals surface area (Å²) < 4.78 is 18.9. The van der Waals surface area contributed by atoms with Gasteiger partial charge in [0.25, 0.3) is 0 Å². The lowest BCUT2D eigenvalue weighted by Crippen LogP contribution is -2.32. The number of aliphatic hydroxyl groups excluding tert-OH is 1. The van der Waals surface area contributed by atoms with E-state index in [0.29, 0.717) is 12.2 Å². The zero-order valence-corrected chi connectivity index (χ0v) is 12.0. The third kappa shape index (κ3) is 4.45. The van der Waals surface area contributed by atoms with Crippen LogP contribution in [0.2, 0.25) is 0 Å². The summed E-state index contributed by atoms with van der Waals surface area (Å²) in [7, 11) is 5.11. The summed E-state index contributed by atoms with van der Waals surface area (Å²) in [5.41, 5.74) is 1.37. The van der Waals surface area contributed by atoms with Crippen LogP contribution in [0.1, 0.15) is 18.5 Å². The maximum Gasteiger partial charge on any atom is 0.146 e. The number of benzene rings is 1. The summed E-state index contributed by atoms with van der Waals surface area (Å²) in [6, 6.07) is 5.25. The molecule has 0 heterocycles. The van der Waals surface area contributed by atoms with Gasteiger partial charge in [0.1, 0.15) is 5.82 Å². The average Bonchev–Trinajstić information content (AvgIpc) is 2.37. The van der Waals surface area contributed by atoms with Gasteiger partial charge in [0.15, 0.2) is 0 Å². The molecule has 5 heteroatoms. The number of rotatable bonds is 7. The first-order valence-electron chi connectivity index (χ1n) is 6.34. The lowest BCUT2D eigenvalue weighted by molar-refractivity contribution is 0.0694. The molecule has 108 valence electrons. The Labute approximate surface area is 114 Å². The van der Waals surface area contributed by atoms with Crippen LogP contribution in [0, 0.1) is 5.82 Å². The molecule has 0 aliphatic rings. The highest BCUT2D eigenvalue weighted by Gasteiger charge is 2.13. The molecule has 0 amide bonds. The number of hydrogen-bond donors (Lipinski definition) is 2. The molecule has 19 heavy (non-hydrogen) atoms. The van der Waals surface area contributed by atoms with Crippen molar-refractivity contribution in [3.8, 4) is 0 Å². The van der Waals surface area contributed by atoms with Crippen LogP contribution in [0.3, 0.4) is 0 Å². The predicted molar refractivity (Wildman–Crippen MR) is 75.0 cm³/mol. The van der Waals surface area contributed by atoms with E-state index in [4.69, 9.17) is 4.74 Å². The first-order chi connectivity index (χ1) is 8.99. The average molecular weight is 270 g/mol. The third-order valence-corrected chi connectivity index (χ3v) is 3.16. The van der Waals surface area contributed by atoms with Crippen molar-refractivity contribution in [1.82, 2.24) is 5.32 Å². The highest BCUT2D eigenvalue weighted by molar-refractivity contribution is 5.49. The fourth-order valence-electron chi connectivity index (χ4n) is 1.93. The minimum atomic E-state index is -0.634. The van der Waals surface area contributed by atoms with Crippen molar-refractivity contribution in [2.45, 2.75) is 19.1 Å². The summed E-state index contributed by atoms with van der Waals surface area (Å²) in [5, 5.41) is 12.7. The fraction of sp³-hybridized carbons (Fsp3) is 0.571. The maximum absolute atomic E-state index is 14.1. The zero-order valence-electron chi connectivity index (χ0n) is 12.0. The molecule has 0 saturated heterocycles. The molecular weight excluding hydrogens is 247 g/mol. The van der Waals surface area contributed by atoms with Crippen LogP contribution in [-0.2, 0) is 4.74 Å². The SMILES string of the molecule is CNC(C)c1ccc(N(C)CC(O)COC)c(F)c1. The molecule has 0 spiro atoms. The Kier molecular flexibility index (Phi) is 6.21. The van der Waals surface area contributed by atoms with Gasteiger partial charge >= 0.3 is 0 Å². The summed E-state index contributed by atoms with van der Waals surface area (Å²) >= 11 is 0. The van der Waals surface area contributed by atoms with E-state index in [1.165, 1.54) is 13.2 Å². The van der Waals surface area contributed by atoms with Gasteiger partial charge in [0.2, 0.25) is 0 Å². The van der Waals surface area contributed by atoms with Gasteiger partial charge in [-0.05, 0) is 31.7 Å². The summed E-state index contributed by atoms with van der Waals surface area (Å²) in [6.07, 6.45) is -0.634. The monoisotopic (exact) mass is 270 g/mol. The molecule has 0 radical (unpaired) electrons. The number of aliphatic hydroxyl groups is 1. The third-order valence-electron chi connectivity index (χ3n) is 3.16. The van der Waals surface area contributed by atoms with Crippen molar-refractivity contribution in [1.29, 1.82) is 0 Å². The van der Waals surface area contributed by atoms with E-state index in [1.807, 2.05) is 20.0 Å². The normalized spacial score (nSPS) is 14.2. The van der Waals surface area contributed by atoms with Gasteiger partial charge in [0.05, 0.1) is 18.4 Å². The van der Waals surface area contributed by atoms with E-state index in [9.17, 15) is 9.50 Å². The van der Waals surface area contributed by atoms with Crippen molar-refractivity contribution >= 4 is 5.69 Å². The van der Waals surface area contributed by atoms with E-state index >= 15 is 0 Å². The van der Waals surface area contributed by atoms with Crippen LogP contribution >= 0.6 is 0 Å². The van der Waals surface area contributed by atoms with Crippen molar-refractivity contribution < 1.29 is 14.2 Å². The number of nitrogens with one attached hydrogen (secondary N) is 1. The molecule has 1 aromatic rings. The van der Waals surface area contributed by atoms with Gasteiger partial charge in [-0.1, -0.05) is 6.07 Å². The molecule has 2 atom stereocenters. The smallest absolute Gasteiger partial charge is 0.146 e. The Morgan fingerprint density at radius 3 is 2.68 bits per heavy atom. The molecule has 2 unspecified atom stereocenters. The lowest BCUT2D eigenvalue weighted by atomic mass is 10.1. The quantitative estimate of drug-likeness (QED) is 0.789. The van der Waals surface area contributed by atoms with E-state index in [-0.39, 0.29) is 18.5 Å². The number of halogens is 1. The van der Waals surface area contributed by atoms with Crippen LogP contribution in [0.15, 0.2) is 18.2 Å². The second-order valence-corrected chi connectivity index (χ2v) is 4.71. The Morgan fingerprint density at radius 2 is 2.16 bits per heavy atom. The number of methoxy groups -OCH3 is 1. The molecular formula is C14H23FN2O2. The molecule has 0 aliphatic heterocycles. The fourth-order valence-corrected chi connectivity index (χ4v) is 1.93. The molecule has 0 fully saturated rings. The summed E-state index contributed by atoms with van der Waals surface area (Å²) in [5.74, 6) is -0.285. The Hall–Kier alpha value is -1.17. The highest BCUT2D eigenvalue weighted by atomic mass is 19.1. The second kappa shape index (κ2) is 7.43. The van der Waals surface area contributed by atoms with Crippen LogP contribution in [-0.4, -0.2) is 45.6 Å². The molecule has 0 aromatic heterocycles. The van der Waals surface area contributed by atoms with Gasteiger partial charge < -0.3 is 20.1 Å². The van der Waals surface area contributed by atoms with E-state index < -0.39 is 6.10 Å². The van der Waals surface area contributed by atoms with Crippen LogP contribution < -0.4 is 10.2 Å². The zero-order chi connectivity index (χ0) is 14.4. The van der Waals surface area contributed by atoms with E-state index in [1.54, 1.807) is 18.0 Å². The molecule has 2 N–H and O–H groups in total. The van der Waals surface area contributed by atoms with Gasteiger partial charge in [-0.2, -0.15) is 0 Å². The second-order valence-electron chi connectivity index (χ2n) is 4.71. The highest BCUT2D eigenvalue weighted by Crippen LogP contribution is 2.22. The topological polar surface area (TPSA) is 44.7 Å². The van der Waals surface area contributed by atoms with Gasteiger partial charge in [-0.25, -0.2) is 4.39 Å². The van der Waals surface area contributed by atoms with Crippen molar-refractivity contribution in [3.63, 3.8) is 0 Å². The molecule has 1 rings (SSSR count). The predicted octanol–water partition coefficient (Wildman–Crippen LogP) is 1.55. The van der Waals surface area contributed by atoms with Crippen LogP contribution in [0.4, 0.5) is 10.1 Å². The van der Waals surface area contributed by atoms with E-state index in [2.05, 4.69) is 5.32 Å². The molecule has 0 saturated carbocycles. The lowest BCUT2D eigenvalue weighted by Gasteiger charge is -2.23. The first kappa shape index (κ1) is 15.9. The van der Waals surface area contributed by atoms with Crippen molar-refractivity contribution in [2.24, 2.45) is 0 Å². The van der Waals surface area contributed by atoms with Gasteiger partial charge in [-0.3, -0.25) is 0 Å². The number of nitrogens with zero attached hydrogens (tertiary/aromatic N) is 1. The number of ether oxygens (including phenoxy) is 1. The van der Waals surface area contributed by atoms with Gasteiger partial charge in [0, 0.05) is 26.7 Å². The molecule has 4 nitrogen and oxygen atoms in total. The number of hydrogen-bond acceptors (Lipinski definition) is 4. The summed E-state index contributed by atoms with van der Waals surface area (Å²) in [4.78, 5) is 1.69. The first-order valence-corrected chi connectivity index (χ1v) is 6.34. The number of anilines is 1. The van der Waals surface area contributed by atoms with Crippen molar-refractivity contribution in [2.75, 3.05) is 39.3 Å². The minimum Gasteiger partial charge on any atom is -0.389 e. The Balaban J connectivity index is 2.78. The Bertz CT molecular complexity index is 401. The standard InChI is InChI=1S/C14H23FN2O2/c1-10(16-2)11-5-6-14(13(15)7-11)17(3)8-12(18)9-19-4/h5-7,10,12,16,18H,8-9H2,1-4H3. The minimum absolute atomic E-state index is 0.105.